The number of carbonyl (C=O) groups excluding carboxylic acids is 1. The first kappa shape index (κ1) is 25.0. The van der Waals surface area contributed by atoms with Crippen molar-refractivity contribution in [2.45, 2.75) is 37.8 Å². The highest BCUT2D eigenvalue weighted by atomic mass is 16.5. The molecule has 196 valence electrons. The average Bonchev–Trinajstić information content (AvgIpc) is 2.94. The number of ether oxygens (including phenoxy) is 3. The van der Waals surface area contributed by atoms with E-state index in [0.717, 1.165) is 68.6 Å². The highest BCUT2D eigenvalue weighted by Crippen LogP contribution is 2.32. The van der Waals surface area contributed by atoms with Crippen molar-refractivity contribution < 1.29 is 19.0 Å². The third-order valence-corrected chi connectivity index (χ3v) is 6.81. The van der Waals surface area contributed by atoms with E-state index < -0.39 is 0 Å². The number of morpholine rings is 1. The molecule has 1 saturated carbocycles. The van der Waals surface area contributed by atoms with Crippen molar-refractivity contribution in [3.8, 4) is 11.8 Å². The second kappa shape index (κ2) is 11.6. The first-order valence-electron chi connectivity index (χ1n) is 12.9. The highest BCUT2D eigenvalue weighted by molar-refractivity contribution is 5.89. The second-order valence-corrected chi connectivity index (χ2v) is 9.68. The lowest BCUT2D eigenvalue weighted by Crippen LogP contribution is -2.37. The van der Waals surface area contributed by atoms with Gasteiger partial charge in [-0.1, -0.05) is 18.2 Å². The van der Waals surface area contributed by atoms with Gasteiger partial charge in [-0.25, -0.2) is 0 Å². The number of hydrogen-bond acceptors (Lipinski definition) is 9. The molecular weight excluding hydrogens is 472 g/mol. The molecule has 10 heteroatoms. The lowest BCUT2D eigenvalue weighted by molar-refractivity contribution is -0.130. The summed E-state index contributed by atoms with van der Waals surface area (Å²) in [6, 6.07) is 14.3. The molecule has 1 aliphatic heterocycles. The fourth-order valence-corrected chi connectivity index (χ4v) is 4.63. The van der Waals surface area contributed by atoms with Crippen LogP contribution >= 0.6 is 0 Å². The van der Waals surface area contributed by atoms with Crippen molar-refractivity contribution in [3.63, 3.8) is 0 Å². The molecule has 3 heterocycles. The van der Waals surface area contributed by atoms with E-state index >= 15 is 0 Å². The number of fused-ring (bicyclic) bond motifs is 1. The summed E-state index contributed by atoms with van der Waals surface area (Å²) in [7, 11) is 3.37. The van der Waals surface area contributed by atoms with Crippen LogP contribution in [0.25, 0.3) is 10.8 Å². The van der Waals surface area contributed by atoms with E-state index in [4.69, 9.17) is 19.2 Å². The number of anilines is 2. The van der Waals surface area contributed by atoms with Crippen molar-refractivity contribution >= 4 is 28.3 Å². The van der Waals surface area contributed by atoms with E-state index in [2.05, 4.69) is 44.7 Å². The molecule has 0 radical (unpaired) electrons. The Balaban J connectivity index is 1.16. The summed E-state index contributed by atoms with van der Waals surface area (Å²) < 4.78 is 17.4. The molecule has 0 unspecified atom stereocenters. The Kier molecular flexibility index (Phi) is 7.84. The van der Waals surface area contributed by atoms with Crippen molar-refractivity contribution in [1.82, 2.24) is 20.1 Å². The summed E-state index contributed by atoms with van der Waals surface area (Å²) in [6.07, 6.45) is 3.89. The van der Waals surface area contributed by atoms with Crippen molar-refractivity contribution in [2.24, 2.45) is 0 Å². The van der Waals surface area contributed by atoms with E-state index in [1.807, 2.05) is 12.1 Å². The lowest BCUT2D eigenvalue weighted by Gasteiger charge is -2.31. The number of nitrogens with one attached hydrogen (secondary N) is 1. The van der Waals surface area contributed by atoms with Crippen LogP contribution in [0.4, 0.5) is 11.6 Å². The van der Waals surface area contributed by atoms with Crippen LogP contribution in [0.3, 0.4) is 0 Å². The summed E-state index contributed by atoms with van der Waals surface area (Å²) in [5.41, 5.74) is 0. The van der Waals surface area contributed by atoms with E-state index in [1.165, 1.54) is 4.90 Å². The zero-order valence-corrected chi connectivity index (χ0v) is 21.4. The number of pyridine rings is 1. The van der Waals surface area contributed by atoms with Gasteiger partial charge in [-0.3, -0.25) is 4.79 Å². The predicted molar refractivity (Wildman–Crippen MR) is 141 cm³/mol. The van der Waals surface area contributed by atoms with E-state index in [1.54, 1.807) is 20.2 Å². The van der Waals surface area contributed by atoms with E-state index in [9.17, 15) is 4.79 Å². The molecule has 1 aliphatic carbocycles. The van der Waals surface area contributed by atoms with Crippen LogP contribution in [-0.4, -0.2) is 85.1 Å². The highest BCUT2D eigenvalue weighted by Gasteiger charge is 2.24. The van der Waals surface area contributed by atoms with Crippen LogP contribution in [0.2, 0.25) is 0 Å². The van der Waals surface area contributed by atoms with Crippen LogP contribution in [0.5, 0.6) is 11.8 Å². The molecule has 5 rings (SSSR count). The van der Waals surface area contributed by atoms with Crippen molar-refractivity contribution in [1.29, 1.82) is 0 Å². The quantitative estimate of drug-likeness (QED) is 0.494. The molecule has 2 aliphatic rings. The average molecular weight is 507 g/mol. The van der Waals surface area contributed by atoms with Gasteiger partial charge < -0.3 is 29.3 Å². The smallest absolute Gasteiger partial charge is 0.260 e. The molecule has 2 fully saturated rings. The molecule has 0 bridgehead atoms. The first-order chi connectivity index (χ1) is 18.0. The van der Waals surface area contributed by atoms with Crippen LogP contribution in [0.15, 0.2) is 42.5 Å². The monoisotopic (exact) mass is 506 g/mol. The number of carbonyl (C=O) groups is 1. The van der Waals surface area contributed by atoms with Gasteiger partial charge in [-0.2, -0.15) is 4.98 Å². The van der Waals surface area contributed by atoms with Crippen LogP contribution in [0.1, 0.15) is 25.7 Å². The normalized spacial score (nSPS) is 19.9. The van der Waals surface area contributed by atoms with Crippen LogP contribution < -0.4 is 19.7 Å². The molecule has 0 spiro atoms. The Bertz CT molecular complexity index is 1190. The second-order valence-electron chi connectivity index (χ2n) is 9.68. The molecule has 3 aromatic rings. The first-order valence-corrected chi connectivity index (χ1v) is 12.9. The molecule has 10 nitrogen and oxygen atoms in total. The third-order valence-electron chi connectivity index (χ3n) is 6.81. The Hall–Kier alpha value is -3.66. The number of nitrogens with zero attached hydrogens (tertiary/aromatic N) is 5. The number of hydrogen-bond donors (Lipinski definition) is 1. The largest absolute Gasteiger partial charge is 0.474 e. The van der Waals surface area contributed by atoms with Gasteiger partial charge in [0.05, 0.1) is 13.2 Å². The minimum absolute atomic E-state index is 0.0576. The number of benzene rings is 1. The molecule has 37 heavy (non-hydrogen) atoms. The Morgan fingerprint density at radius 2 is 1.86 bits per heavy atom. The third kappa shape index (κ3) is 6.37. The van der Waals surface area contributed by atoms with Crippen LogP contribution in [0, 0.1) is 0 Å². The molecule has 1 saturated heterocycles. The lowest BCUT2D eigenvalue weighted by atomic mass is 9.93. The molecule has 2 aromatic heterocycles. The molecule has 0 atom stereocenters. The van der Waals surface area contributed by atoms with Gasteiger partial charge in [0.1, 0.15) is 17.7 Å². The fraction of sp³-hybridized carbons (Fsp3) is 0.481. The predicted octanol–water partition coefficient (Wildman–Crippen LogP) is 3.13. The zero-order chi connectivity index (χ0) is 25.6. The van der Waals surface area contributed by atoms with Gasteiger partial charge in [0, 0.05) is 44.7 Å². The summed E-state index contributed by atoms with van der Waals surface area (Å²) in [6.45, 7) is 3.06. The summed E-state index contributed by atoms with van der Waals surface area (Å²) in [4.78, 5) is 20.3. The summed E-state index contributed by atoms with van der Waals surface area (Å²) in [5.74, 6) is 2.56. The number of rotatable bonds is 8. The topological polar surface area (TPSA) is 102 Å². The number of amides is 1. The zero-order valence-electron chi connectivity index (χ0n) is 21.4. The SMILES string of the molecule is CN(C)C(=O)COc1ccc(NC2CCC(Oc3nc(N4CCOCC4)cc4ccccc34)CC2)nn1. The fourth-order valence-electron chi connectivity index (χ4n) is 4.63. The van der Waals surface area contributed by atoms with Gasteiger partial charge in [-0.15, -0.1) is 10.2 Å². The van der Waals surface area contributed by atoms with Crippen molar-refractivity contribution in [2.75, 3.05) is 57.2 Å². The molecular formula is C27H34N6O4. The Labute approximate surface area is 216 Å². The maximum absolute atomic E-state index is 11.7. The van der Waals surface area contributed by atoms with Gasteiger partial charge in [0.25, 0.3) is 5.91 Å². The summed E-state index contributed by atoms with van der Waals surface area (Å²) in [5, 5.41) is 13.9. The maximum Gasteiger partial charge on any atom is 0.260 e. The minimum Gasteiger partial charge on any atom is -0.474 e. The molecule has 1 N–H and O–H groups in total. The van der Waals surface area contributed by atoms with E-state index in [-0.39, 0.29) is 18.6 Å². The number of aromatic nitrogens is 3. The van der Waals surface area contributed by atoms with E-state index in [0.29, 0.717) is 23.6 Å². The standard InChI is InChI=1S/C27H34N6O4/c1-32(2)26(34)18-36-25-12-11-23(30-31-25)28-20-7-9-21(10-8-20)37-27-22-6-4-3-5-19(22)17-24(29-27)33-13-15-35-16-14-33/h3-6,11-12,17,20-21H,7-10,13-16,18H2,1-2H3,(H,28,30). The summed E-state index contributed by atoms with van der Waals surface area (Å²) >= 11 is 0. The van der Waals surface area contributed by atoms with Crippen molar-refractivity contribution in [3.05, 3.63) is 42.5 Å². The van der Waals surface area contributed by atoms with Gasteiger partial charge >= 0.3 is 0 Å². The Morgan fingerprint density at radius 1 is 1.08 bits per heavy atom. The van der Waals surface area contributed by atoms with Gasteiger partial charge in [0.2, 0.25) is 11.8 Å². The maximum atomic E-state index is 11.7. The Morgan fingerprint density at radius 3 is 2.59 bits per heavy atom. The van der Waals surface area contributed by atoms with Crippen LogP contribution in [-0.2, 0) is 9.53 Å². The van der Waals surface area contributed by atoms with Gasteiger partial charge in [0.15, 0.2) is 6.61 Å². The molecule has 1 aromatic carbocycles. The number of likely N-dealkylation sites (N-methyl/N-ethyl adjacent to an activating group) is 1. The van der Waals surface area contributed by atoms with Gasteiger partial charge in [-0.05, 0) is 49.3 Å². The molecule has 1 amide bonds. The minimum atomic E-state index is -0.126.